The van der Waals surface area contributed by atoms with E-state index in [1.54, 1.807) is 0 Å². The smallest absolute Gasteiger partial charge is 0.0933 e. The molecular formula is C20H26N2O2. The molecule has 2 N–H and O–H groups in total. The second kappa shape index (κ2) is 9.55. The Morgan fingerprint density at radius 1 is 0.667 bits per heavy atom. The predicted octanol–water partition coefficient (Wildman–Crippen LogP) is 3.74. The average Bonchev–Trinajstić information content (AvgIpc) is 2.65. The van der Waals surface area contributed by atoms with Crippen LogP contribution in [-0.4, -0.2) is 12.1 Å². The van der Waals surface area contributed by atoms with Crippen molar-refractivity contribution in [1.82, 2.24) is 11.0 Å². The number of hydrogen-bond acceptors (Lipinski definition) is 4. The van der Waals surface area contributed by atoms with E-state index in [-0.39, 0.29) is 12.1 Å². The van der Waals surface area contributed by atoms with E-state index in [0.717, 1.165) is 12.8 Å². The molecule has 4 nitrogen and oxygen atoms in total. The van der Waals surface area contributed by atoms with Gasteiger partial charge in [0.1, 0.15) is 0 Å². The molecule has 1 saturated carbocycles. The van der Waals surface area contributed by atoms with Crippen LogP contribution in [0, 0.1) is 0 Å². The summed E-state index contributed by atoms with van der Waals surface area (Å²) in [7, 11) is 0. The summed E-state index contributed by atoms with van der Waals surface area (Å²) in [4.78, 5) is 11.4. The fourth-order valence-electron chi connectivity index (χ4n) is 3.03. The minimum absolute atomic E-state index is 0.276. The molecular weight excluding hydrogens is 300 g/mol. The zero-order chi connectivity index (χ0) is 16.5. The van der Waals surface area contributed by atoms with Crippen molar-refractivity contribution >= 4 is 0 Å². The molecule has 0 unspecified atom stereocenters. The van der Waals surface area contributed by atoms with Crippen LogP contribution in [0.1, 0.15) is 36.8 Å². The summed E-state index contributed by atoms with van der Waals surface area (Å²) in [6, 6.07) is 21.0. The molecule has 1 aliphatic rings. The largest absolute Gasteiger partial charge is 0.297 e. The minimum Gasteiger partial charge on any atom is -0.297 e. The quantitative estimate of drug-likeness (QED) is 0.725. The molecule has 0 aromatic heterocycles. The molecule has 3 rings (SSSR count). The first-order valence-electron chi connectivity index (χ1n) is 8.74. The van der Waals surface area contributed by atoms with Gasteiger partial charge in [-0.05, 0) is 24.0 Å². The highest BCUT2D eigenvalue weighted by Crippen LogP contribution is 2.19. The van der Waals surface area contributed by atoms with E-state index in [9.17, 15) is 0 Å². The van der Waals surface area contributed by atoms with Gasteiger partial charge in [0.2, 0.25) is 0 Å². The molecule has 1 fully saturated rings. The second-order valence-corrected chi connectivity index (χ2v) is 6.28. The van der Waals surface area contributed by atoms with Gasteiger partial charge in [0.25, 0.3) is 0 Å². The van der Waals surface area contributed by atoms with Gasteiger partial charge in [0.05, 0.1) is 13.2 Å². The van der Waals surface area contributed by atoms with Gasteiger partial charge in [-0.1, -0.05) is 73.5 Å². The normalized spacial score (nSPS) is 20.8. The number of nitrogens with one attached hydrogen (secondary N) is 2. The molecule has 24 heavy (non-hydrogen) atoms. The Hall–Kier alpha value is -1.72. The molecule has 0 heterocycles. The van der Waals surface area contributed by atoms with E-state index in [0.29, 0.717) is 13.2 Å². The Kier molecular flexibility index (Phi) is 6.81. The summed E-state index contributed by atoms with van der Waals surface area (Å²) < 4.78 is 0. The number of benzene rings is 2. The Morgan fingerprint density at radius 2 is 1.08 bits per heavy atom. The molecule has 0 amide bonds. The first kappa shape index (κ1) is 17.1. The standard InChI is InChI=1S/C20H26N2O2/c1-3-9-17(10-4-1)15-23-21-19-13-7-8-14-20(19)22-24-16-18-11-5-2-6-12-18/h1-6,9-12,19-22H,7-8,13-16H2/t19-,20-/m1/s1. The van der Waals surface area contributed by atoms with Gasteiger partial charge in [0.15, 0.2) is 0 Å². The molecule has 0 saturated heterocycles. The van der Waals surface area contributed by atoms with E-state index < -0.39 is 0 Å². The summed E-state index contributed by atoms with van der Waals surface area (Å²) in [5.41, 5.74) is 8.80. The highest BCUT2D eigenvalue weighted by atomic mass is 16.7. The summed E-state index contributed by atoms with van der Waals surface area (Å²) in [5, 5.41) is 0. The lowest BCUT2D eigenvalue weighted by molar-refractivity contribution is -0.0567. The first-order chi connectivity index (χ1) is 11.9. The van der Waals surface area contributed by atoms with Crippen LogP contribution in [0.25, 0.3) is 0 Å². The fourth-order valence-corrected chi connectivity index (χ4v) is 3.03. The van der Waals surface area contributed by atoms with Gasteiger partial charge in [-0.15, -0.1) is 0 Å². The number of rotatable bonds is 8. The van der Waals surface area contributed by atoms with Crippen LogP contribution in [0.15, 0.2) is 60.7 Å². The van der Waals surface area contributed by atoms with Crippen LogP contribution in [0.2, 0.25) is 0 Å². The average molecular weight is 326 g/mol. The number of hydroxylamine groups is 2. The molecule has 4 heteroatoms. The molecule has 2 aromatic rings. The van der Waals surface area contributed by atoms with Gasteiger partial charge < -0.3 is 0 Å². The van der Waals surface area contributed by atoms with E-state index in [1.807, 2.05) is 36.4 Å². The van der Waals surface area contributed by atoms with Crippen LogP contribution >= 0.6 is 0 Å². The van der Waals surface area contributed by atoms with Crippen molar-refractivity contribution in [3.8, 4) is 0 Å². The summed E-state index contributed by atoms with van der Waals surface area (Å²) >= 11 is 0. The van der Waals surface area contributed by atoms with E-state index >= 15 is 0 Å². The molecule has 0 spiro atoms. The fraction of sp³-hybridized carbons (Fsp3) is 0.400. The van der Waals surface area contributed by atoms with Crippen LogP contribution in [0.3, 0.4) is 0 Å². The topological polar surface area (TPSA) is 42.5 Å². The Bertz CT molecular complexity index is 523. The highest BCUT2D eigenvalue weighted by molar-refractivity contribution is 5.14. The van der Waals surface area contributed by atoms with Gasteiger partial charge >= 0.3 is 0 Å². The molecule has 1 aliphatic carbocycles. The van der Waals surface area contributed by atoms with Crippen molar-refractivity contribution in [2.75, 3.05) is 0 Å². The van der Waals surface area contributed by atoms with Crippen LogP contribution in [0.5, 0.6) is 0 Å². The minimum atomic E-state index is 0.276. The lowest BCUT2D eigenvalue weighted by Crippen LogP contribution is -2.49. The highest BCUT2D eigenvalue weighted by Gasteiger charge is 2.25. The van der Waals surface area contributed by atoms with Gasteiger partial charge in [-0.25, -0.2) is 0 Å². The first-order valence-corrected chi connectivity index (χ1v) is 8.74. The second-order valence-electron chi connectivity index (χ2n) is 6.28. The SMILES string of the molecule is c1ccc(CON[C@@H]2CCCC[C@H]2NOCc2ccccc2)cc1. The maximum absolute atomic E-state index is 5.71. The maximum Gasteiger partial charge on any atom is 0.0933 e. The zero-order valence-corrected chi connectivity index (χ0v) is 14.0. The van der Waals surface area contributed by atoms with Crippen molar-refractivity contribution in [3.05, 3.63) is 71.8 Å². The van der Waals surface area contributed by atoms with Crippen molar-refractivity contribution < 1.29 is 9.68 Å². The van der Waals surface area contributed by atoms with Crippen LogP contribution in [-0.2, 0) is 22.9 Å². The molecule has 2 atom stereocenters. The third-order valence-electron chi connectivity index (χ3n) is 4.40. The predicted molar refractivity (Wildman–Crippen MR) is 94.8 cm³/mol. The lowest BCUT2D eigenvalue weighted by Gasteiger charge is -2.32. The number of hydrogen-bond donors (Lipinski definition) is 2. The van der Waals surface area contributed by atoms with Gasteiger partial charge in [-0.2, -0.15) is 11.0 Å². The maximum atomic E-state index is 5.71. The third kappa shape index (κ3) is 5.42. The van der Waals surface area contributed by atoms with E-state index in [2.05, 4.69) is 35.2 Å². The van der Waals surface area contributed by atoms with Gasteiger partial charge in [-0.3, -0.25) is 9.68 Å². The van der Waals surface area contributed by atoms with Gasteiger partial charge in [0, 0.05) is 12.1 Å². The van der Waals surface area contributed by atoms with Crippen LogP contribution < -0.4 is 11.0 Å². The zero-order valence-electron chi connectivity index (χ0n) is 14.0. The molecule has 2 aromatic carbocycles. The molecule has 0 radical (unpaired) electrons. The summed E-state index contributed by atoms with van der Waals surface area (Å²) in [6.07, 6.45) is 4.65. The summed E-state index contributed by atoms with van der Waals surface area (Å²) in [6.45, 7) is 1.16. The lowest BCUT2D eigenvalue weighted by atomic mass is 9.91. The Labute approximate surface area is 144 Å². The van der Waals surface area contributed by atoms with E-state index in [1.165, 1.54) is 24.0 Å². The Balaban J connectivity index is 1.41. The van der Waals surface area contributed by atoms with Crippen LogP contribution in [0.4, 0.5) is 0 Å². The molecule has 128 valence electrons. The third-order valence-corrected chi connectivity index (χ3v) is 4.40. The van der Waals surface area contributed by atoms with Crippen molar-refractivity contribution in [1.29, 1.82) is 0 Å². The molecule has 0 bridgehead atoms. The molecule has 0 aliphatic heterocycles. The summed E-state index contributed by atoms with van der Waals surface area (Å²) in [5.74, 6) is 0. The monoisotopic (exact) mass is 326 g/mol. The van der Waals surface area contributed by atoms with Crippen molar-refractivity contribution in [2.45, 2.75) is 51.0 Å². The van der Waals surface area contributed by atoms with E-state index in [4.69, 9.17) is 9.68 Å². The Morgan fingerprint density at radius 3 is 1.50 bits per heavy atom. The van der Waals surface area contributed by atoms with Crippen molar-refractivity contribution in [2.24, 2.45) is 0 Å². The van der Waals surface area contributed by atoms with Crippen molar-refractivity contribution in [3.63, 3.8) is 0 Å².